The number of methoxy groups -OCH3 is 1. The van der Waals surface area contributed by atoms with Gasteiger partial charge in [-0.2, -0.15) is 0 Å². The molecule has 40 heavy (non-hydrogen) atoms. The summed E-state index contributed by atoms with van der Waals surface area (Å²) in [5, 5.41) is 2.80. The summed E-state index contributed by atoms with van der Waals surface area (Å²) in [7, 11) is 1.35. The molecule has 1 saturated heterocycles. The van der Waals surface area contributed by atoms with Crippen LogP contribution in [0.25, 0.3) is 11.1 Å². The van der Waals surface area contributed by atoms with Crippen LogP contribution in [0, 0.1) is 0 Å². The third-order valence-electron chi connectivity index (χ3n) is 7.32. The molecule has 0 aliphatic carbocycles. The number of rotatable bonds is 4. The Morgan fingerprint density at radius 1 is 1.00 bits per heavy atom. The summed E-state index contributed by atoms with van der Waals surface area (Å²) in [5.41, 5.74) is 2.60. The van der Waals surface area contributed by atoms with Gasteiger partial charge in [-0.1, -0.05) is 73.2 Å². The summed E-state index contributed by atoms with van der Waals surface area (Å²) in [5.74, 6) is 0.0305. The molecule has 1 N–H and O–H groups in total. The largest absolute Gasteiger partial charge is 0.467 e. The Balaban J connectivity index is 1.69. The molecule has 4 rings (SSSR count). The molecule has 2 aliphatic heterocycles. The molecule has 2 aromatic carbocycles. The molecule has 2 aromatic rings. The fourth-order valence-corrected chi connectivity index (χ4v) is 6.72. The molecule has 0 spiro atoms. The molecular formula is C32H40N2O5S. The van der Waals surface area contributed by atoms with Crippen LogP contribution in [0.4, 0.5) is 4.79 Å². The van der Waals surface area contributed by atoms with Crippen molar-refractivity contribution in [3.8, 4) is 11.1 Å². The molecule has 0 aromatic heterocycles. The number of benzene rings is 2. The van der Waals surface area contributed by atoms with Crippen LogP contribution in [0.5, 0.6) is 0 Å². The highest BCUT2D eigenvalue weighted by molar-refractivity contribution is 8.00. The van der Waals surface area contributed by atoms with Gasteiger partial charge in [0.15, 0.2) is 0 Å². The maximum Gasteiger partial charge on any atom is 0.408 e. The van der Waals surface area contributed by atoms with Crippen molar-refractivity contribution in [2.75, 3.05) is 19.4 Å². The molecule has 0 saturated carbocycles. The summed E-state index contributed by atoms with van der Waals surface area (Å²) >= 11 is 1.74. The SMILES string of the molecule is COC(=O)C1CC2(c3ccc(-c4ccccc4)cc3)CN1C(=O)C(NC(=O)OC(C)(C)C)CCCCC=CCS2. The van der Waals surface area contributed by atoms with Crippen molar-refractivity contribution in [2.45, 2.75) is 75.3 Å². The topological polar surface area (TPSA) is 84.9 Å². The van der Waals surface area contributed by atoms with E-state index in [1.54, 1.807) is 37.4 Å². The van der Waals surface area contributed by atoms with Gasteiger partial charge in [-0.3, -0.25) is 4.79 Å². The van der Waals surface area contributed by atoms with E-state index < -0.39 is 34.5 Å². The second kappa shape index (κ2) is 12.9. The van der Waals surface area contributed by atoms with Crippen molar-refractivity contribution in [1.82, 2.24) is 10.2 Å². The molecule has 2 aliphatic rings. The number of hydrogen-bond acceptors (Lipinski definition) is 6. The van der Waals surface area contributed by atoms with E-state index >= 15 is 0 Å². The number of ether oxygens (including phenoxy) is 2. The highest BCUT2D eigenvalue weighted by atomic mass is 32.2. The number of fused-ring (bicyclic) bond motifs is 2. The first-order chi connectivity index (χ1) is 19.1. The molecule has 2 bridgehead atoms. The summed E-state index contributed by atoms with van der Waals surface area (Å²) < 4.78 is 10.1. The first kappa shape index (κ1) is 29.7. The smallest absolute Gasteiger partial charge is 0.408 e. The maximum atomic E-state index is 14.1. The summed E-state index contributed by atoms with van der Waals surface area (Å²) in [6, 6.07) is 17.0. The number of allylic oxidation sites excluding steroid dienone is 1. The highest BCUT2D eigenvalue weighted by Crippen LogP contribution is 2.48. The fraction of sp³-hybridized carbons (Fsp3) is 0.469. The minimum absolute atomic E-state index is 0.281. The van der Waals surface area contributed by atoms with Gasteiger partial charge in [0, 0.05) is 12.3 Å². The van der Waals surface area contributed by atoms with Crippen molar-refractivity contribution >= 4 is 29.7 Å². The number of hydrogen-bond donors (Lipinski definition) is 1. The Hall–Kier alpha value is -3.26. The molecule has 8 heteroatoms. The second-order valence-corrected chi connectivity index (χ2v) is 12.8. The lowest BCUT2D eigenvalue weighted by Crippen LogP contribution is -2.52. The average molecular weight is 565 g/mol. The van der Waals surface area contributed by atoms with Crippen LogP contribution in [0.2, 0.25) is 0 Å². The molecule has 1 fully saturated rings. The first-order valence-corrected chi connectivity index (χ1v) is 14.9. The number of alkyl carbamates (subject to hydrolysis) is 1. The quantitative estimate of drug-likeness (QED) is 0.358. The Morgan fingerprint density at radius 3 is 2.38 bits per heavy atom. The van der Waals surface area contributed by atoms with Crippen molar-refractivity contribution < 1.29 is 23.9 Å². The van der Waals surface area contributed by atoms with E-state index in [1.807, 2.05) is 18.2 Å². The van der Waals surface area contributed by atoms with Gasteiger partial charge in [-0.25, -0.2) is 9.59 Å². The first-order valence-electron chi connectivity index (χ1n) is 13.9. The van der Waals surface area contributed by atoms with Crippen LogP contribution in [0.15, 0.2) is 66.7 Å². The van der Waals surface area contributed by atoms with Gasteiger partial charge < -0.3 is 19.7 Å². The summed E-state index contributed by atoms with van der Waals surface area (Å²) in [6.07, 6.45) is 7.16. The van der Waals surface area contributed by atoms with Crippen molar-refractivity contribution in [3.63, 3.8) is 0 Å². The van der Waals surface area contributed by atoms with E-state index in [9.17, 15) is 14.4 Å². The Kier molecular flexibility index (Phi) is 9.61. The van der Waals surface area contributed by atoms with Gasteiger partial charge in [0.05, 0.1) is 11.9 Å². The van der Waals surface area contributed by atoms with Gasteiger partial charge in [0.2, 0.25) is 5.91 Å². The number of amides is 2. The molecule has 3 atom stereocenters. The van der Waals surface area contributed by atoms with Crippen molar-refractivity contribution in [2.24, 2.45) is 0 Å². The van der Waals surface area contributed by atoms with E-state index in [4.69, 9.17) is 9.47 Å². The minimum atomic E-state index is -0.798. The third kappa shape index (κ3) is 7.27. The van der Waals surface area contributed by atoms with Crippen molar-refractivity contribution in [1.29, 1.82) is 0 Å². The average Bonchev–Trinajstić information content (AvgIpc) is 3.33. The normalized spacial score (nSPS) is 23.9. The zero-order valence-electron chi connectivity index (χ0n) is 23.9. The van der Waals surface area contributed by atoms with Crippen LogP contribution < -0.4 is 5.32 Å². The lowest BCUT2D eigenvalue weighted by atomic mass is 9.93. The Labute approximate surface area is 241 Å². The molecule has 0 radical (unpaired) electrons. The predicted molar refractivity (Wildman–Crippen MR) is 159 cm³/mol. The number of nitrogens with zero attached hydrogens (tertiary/aromatic N) is 1. The molecule has 2 amide bonds. The lowest BCUT2D eigenvalue weighted by molar-refractivity contribution is -0.151. The van der Waals surface area contributed by atoms with E-state index in [0.717, 1.165) is 41.7 Å². The fourth-order valence-electron chi connectivity index (χ4n) is 5.36. The Morgan fingerprint density at radius 2 is 1.70 bits per heavy atom. The van der Waals surface area contributed by atoms with E-state index in [-0.39, 0.29) is 5.91 Å². The van der Waals surface area contributed by atoms with E-state index in [2.05, 4.69) is 53.9 Å². The second-order valence-electron chi connectivity index (χ2n) is 11.4. The van der Waals surface area contributed by atoms with Gasteiger partial charge in [0.25, 0.3) is 0 Å². The van der Waals surface area contributed by atoms with Gasteiger partial charge in [-0.05, 0) is 63.1 Å². The van der Waals surface area contributed by atoms with Gasteiger partial charge in [-0.15, -0.1) is 11.8 Å². The number of thioether (sulfide) groups is 1. The van der Waals surface area contributed by atoms with Crippen LogP contribution in [-0.4, -0.2) is 60.0 Å². The van der Waals surface area contributed by atoms with Gasteiger partial charge in [0.1, 0.15) is 17.7 Å². The van der Waals surface area contributed by atoms with Crippen LogP contribution in [-0.2, 0) is 23.8 Å². The summed E-state index contributed by atoms with van der Waals surface area (Å²) in [6.45, 7) is 5.69. The molecule has 2 heterocycles. The number of esters is 1. The number of nitrogens with one attached hydrogen (secondary N) is 1. The molecule has 3 unspecified atom stereocenters. The van der Waals surface area contributed by atoms with Gasteiger partial charge >= 0.3 is 12.1 Å². The highest BCUT2D eigenvalue weighted by Gasteiger charge is 2.51. The number of carbonyl (C=O) groups is 3. The van der Waals surface area contributed by atoms with E-state index in [1.165, 1.54) is 7.11 Å². The van der Waals surface area contributed by atoms with Crippen LogP contribution in [0.1, 0.15) is 58.4 Å². The summed E-state index contributed by atoms with van der Waals surface area (Å²) in [4.78, 5) is 41.5. The third-order valence-corrected chi connectivity index (χ3v) is 8.77. The zero-order chi connectivity index (χ0) is 28.8. The van der Waals surface area contributed by atoms with E-state index in [0.29, 0.717) is 19.4 Å². The zero-order valence-corrected chi connectivity index (χ0v) is 24.7. The molecule has 7 nitrogen and oxygen atoms in total. The number of carbonyl (C=O) groups excluding carboxylic acids is 3. The molecule has 214 valence electrons. The molecular weight excluding hydrogens is 524 g/mol. The maximum absolute atomic E-state index is 14.1. The minimum Gasteiger partial charge on any atom is -0.467 e. The van der Waals surface area contributed by atoms with Crippen molar-refractivity contribution in [3.05, 3.63) is 72.3 Å². The predicted octanol–water partition coefficient (Wildman–Crippen LogP) is 6.08. The van der Waals surface area contributed by atoms with Crippen LogP contribution in [0.3, 0.4) is 0 Å². The standard InChI is InChI=1S/C32H40N2O5S/c1-31(2,3)39-30(37)33-26-15-11-6-5-7-12-20-40-32(21-27(29(36)38-4)34(22-32)28(26)35)25-18-16-24(17-19-25)23-13-9-8-10-14-23/h7-10,12-14,16-19,26-27H,5-6,11,15,20-22H2,1-4H3,(H,33,37). The monoisotopic (exact) mass is 564 g/mol. The Bertz CT molecular complexity index is 1210. The lowest BCUT2D eigenvalue weighted by Gasteiger charge is -2.31. The van der Waals surface area contributed by atoms with Crippen LogP contribution >= 0.6 is 11.8 Å².